The molecule has 3 rings (SSSR count). The van der Waals surface area contributed by atoms with Gasteiger partial charge >= 0.3 is 0 Å². The molecule has 0 saturated heterocycles. The highest BCUT2D eigenvalue weighted by Gasteiger charge is 2.12. The van der Waals surface area contributed by atoms with Gasteiger partial charge in [0, 0.05) is 32.3 Å². The summed E-state index contributed by atoms with van der Waals surface area (Å²) in [5, 5.41) is 3.45. The molecule has 6 heteroatoms. The van der Waals surface area contributed by atoms with Crippen LogP contribution in [-0.2, 0) is 11.8 Å². The lowest BCUT2D eigenvalue weighted by Crippen LogP contribution is -2.30. The summed E-state index contributed by atoms with van der Waals surface area (Å²) in [7, 11) is 1.76. The van der Waals surface area contributed by atoms with Gasteiger partial charge in [-0.15, -0.1) is 0 Å². The fraction of sp³-hybridized carbons (Fsp3) is 0.381. The molecule has 0 spiro atoms. The third kappa shape index (κ3) is 4.16. The van der Waals surface area contributed by atoms with E-state index in [0.717, 1.165) is 41.6 Å². The third-order valence-electron chi connectivity index (χ3n) is 4.78. The number of benzene rings is 2. The summed E-state index contributed by atoms with van der Waals surface area (Å²) >= 11 is 1.53. The average Bonchev–Trinajstić information content (AvgIpc) is 2.68. The van der Waals surface area contributed by atoms with E-state index < -0.39 is 0 Å². The zero-order valence-corrected chi connectivity index (χ0v) is 16.9. The quantitative estimate of drug-likeness (QED) is 0.269. The molecular formula is C21H25N3O2S. The van der Waals surface area contributed by atoms with Crippen molar-refractivity contribution in [2.45, 2.75) is 31.8 Å². The first-order chi connectivity index (χ1) is 13.0. The summed E-state index contributed by atoms with van der Waals surface area (Å²) in [6.45, 7) is 5.48. The number of rotatable bonds is 7. The normalized spacial score (nSPS) is 11.2. The van der Waals surface area contributed by atoms with Crippen LogP contribution in [0.4, 0.5) is 0 Å². The van der Waals surface area contributed by atoms with Crippen LogP contribution in [0.5, 0.6) is 0 Å². The zero-order chi connectivity index (χ0) is 19.4. The van der Waals surface area contributed by atoms with Gasteiger partial charge in [-0.2, -0.15) is 0 Å². The van der Waals surface area contributed by atoms with E-state index in [1.807, 2.05) is 55.1 Å². The van der Waals surface area contributed by atoms with E-state index in [0.29, 0.717) is 17.0 Å². The Morgan fingerprint density at radius 1 is 1.15 bits per heavy atom. The monoisotopic (exact) mass is 383 g/mol. The Morgan fingerprint density at radius 2 is 1.81 bits per heavy atom. The topological polar surface area (TPSA) is 55.2 Å². The molecule has 1 heterocycles. The summed E-state index contributed by atoms with van der Waals surface area (Å²) in [4.78, 5) is 31.4. The molecule has 3 aromatic rings. The van der Waals surface area contributed by atoms with Gasteiger partial charge in [0.2, 0.25) is 5.91 Å². The van der Waals surface area contributed by atoms with E-state index in [1.54, 1.807) is 11.6 Å². The van der Waals surface area contributed by atoms with Gasteiger partial charge in [-0.05, 0) is 43.2 Å². The molecule has 142 valence electrons. The number of nitrogens with zero attached hydrogens (tertiary/aromatic N) is 3. The number of carbonyl (C=O) groups excluding carboxylic acids is 1. The second-order valence-electron chi connectivity index (χ2n) is 6.49. The minimum absolute atomic E-state index is 0.0347. The van der Waals surface area contributed by atoms with Crippen LogP contribution in [0.2, 0.25) is 0 Å². The largest absolute Gasteiger partial charge is 0.343 e. The number of hydrogen-bond acceptors (Lipinski definition) is 4. The fourth-order valence-electron chi connectivity index (χ4n) is 3.19. The minimum atomic E-state index is -0.0347. The first kappa shape index (κ1) is 19.4. The smallest absolute Gasteiger partial charge is 0.261 e. The molecule has 2 aromatic carbocycles. The Labute approximate surface area is 163 Å². The highest BCUT2D eigenvalue weighted by molar-refractivity contribution is 7.99. The molecule has 5 nitrogen and oxygen atoms in total. The lowest BCUT2D eigenvalue weighted by molar-refractivity contribution is -0.130. The van der Waals surface area contributed by atoms with E-state index in [-0.39, 0.29) is 11.5 Å². The van der Waals surface area contributed by atoms with Crippen LogP contribution >= 0.6 is 11.8 Å². The Balaban J connectivity index is 1.77. The van der Waals surface area contributed by atoms with Gasteiger partial charge in [0.15, 0.2) is 5.16 Å². The highest BCUT2D eigenvalue weighted by atomic mass is 32.2. The maximum Gasteiger partial charge on any atom is 0.261 e. The van der Waals surface area contributed by atoms with Crippen molar-refractivity contribution in [3.63, 3.8) is 0 Å². The van der Waals surface area contributed by atoms with Gasteiger partial charge in [0.05, 0.1) is 10.9 Å². The predicted octanol–water partition coefficient (Wildman–Crippen LogP) is 3.83. The second kappa shape index (κ2) is 8.57. The lowest BCUT2D eigenvalue weighted by Gasteiger charge is -2.18. The average molecular weight is 384 g/mol. The van der Waals surface area contributed by atoms with E-state index in [4.69, 9.17) is 4.98 Å². The fourth-order valence-corrected chi connectivity index (χ4v) is 4.10. The van der Waals surface area contributed by atoms with Gasteiger partial charge in [0.1, 0.15) is 0 Å². The summed E-state index contributed by atoms with van der Waals surface area (Å²) in [5.74, 6) is 0.944. The molecule has 1 amide bonds. The Hall–Kier alpha value is -2.34. The number of fused-ring (bicyclic) bond motifs is 2. The highest BCUT2D eigenvalue weighted by Crippen LogP contribution is 2.22. The number of thioether (sulfide) groups is 1. The van der Waals surface area contributed by atoms with Crippen LogP contribution in [0, 0.1) is 0 Å². The van der Waals surface area contributed by atoms with Crippen LogP contribution in [0.1, 0.15) is 26.7 Å². The van der Waals surface area contributed by atoms with Crippen molar-refractivity contribution in [3.05, 3.63) is 46.8 Å². The van der Waals surface area contributed by atoms with Crippen molar-refractivity contribution in [1.82, 2.24) is 14.5 Å². The maximum absolute atomic E-state index is 12.7. The SMILES string of the molecule is CCN(CC)C(=O)CCCSc1nc2cc3ccccc3cc2c(=O)n1C. The van der Waals surface area contributed by atoms with Crippen LogP contribution in [0.15, 0.2) is 46.3 Å². The lowest BCUT2D eigenvalue weighted by atomic mass is 10.1. The molecule has 0 N–H and O–H groups in total. The molecule has 0 fully saturated rings. The van der Waals surface area contributed by atoms with Gasteiger partial charge in [-0.1, -0.05) is 36.0 Å². The van der Waals surface area contributed by atoms with Crippen molar-refractivity contribution in [2.75, 3.05) is 18.8 Å². The van der Waals surface area contributed by atoms with Crippen LogP contribution in [-0.4, -0.2) is 39.2 Å². The first-order valence-corrected chi connectivity index (χ1v) is 10.3. The predicted molar refractivity (Wildman–Crippen MR) is 112 cm³/mol. The van der Waals surface area contributed by atoms with Gasteiger partial charge in [-0.25, -0.2) is 4.98 Å². The molecule has 0 saturated carbocycles. The molecule has 1 aromatic heterocycles. The van der Waals surface area contributed by atoms with Crippen molar-refractivity contribution in [1.29, 1.82) is 0 Å². The van der Waals surface area contributed by atoms with Gasteiger partial charge in [-0.3, -0.25) is 14.2 Å². The molecule has 0 bridgehead atoms. The number of hydrogen-bond donors (Lipinski definition) is 0. The van der Waals surface area contributed by atoms with E-state index in [9.17, 15) is 9.59 Å². The third-order valence-corrected chi connectivity index (χ3v) is 5.90. The van der Waals surface area contributed by atoms with Crippen LogP contribution < -0.4 is 5.56 Å². The molecule has 0 unspecified atom stereocenters. The first-order valence-electron chi connectivity index (χ1n) is 9.35. The Kier molecular flexibility index (Phi) is 6.16. The van der Waals surface area contributed by atoms with E-state index in [2.05, 4.69) is 0 Å². The standard InChI is InChI=1S/C21H25N3O2S/c1-4-24(5-2)19(25)11-8-12-27-21-22-18-14-16-10-7-6-9-15(16)13-17(18)20(26)23(21)3/h6-7,9-10,13-14H,4-5,8,11-12H2,1-3H3. The molecule has 0 atom stereocenters. The number of aromatic nitrogens is 2. The molecule has 0 radical (unpaired) electrons. The summed E-state index contributed by atoms with van der Waals surface area (Å²) in [6.07, 6.45) is 1.30. The van der Waals surface area contributed by atoms with Crippen molar-refractivity contribution >= 4 is 39.3 Å². The van der Waals surface area contributed by atoms with Crippen molar-refractivity contribution in [3.8, 4) is 0 Å². The Morgan fingerprint density at radius 3 is 2.48 bits per heavy atom. The van der Waals surface area contributed by atoms with Crippen molar-refractivity contribution in [2.24, 2.45) is 7.05 Å². The van der Waals surface area contributed by atoms with Crippen LogP contribution in [0.3, 0.4) is 0 Å². The van der Waals surface area contributed by atoms with Gasteiger partial charge in [0.25, 0.3) is 5.56 Å². The summed E-state index contributed by atoms with van der Waals surface area (Å²) in [6, 6.07) is 11.9. The Bertz CT molecular complexity index is 1030. The molecule has 0 aliphatic heterocycles. The van der Waals surface area contributed by atoms with Gasteiger partial charge < -0.3 is 4.90 Å². The van der Waals surface area contributed by atoms with Crippen molar-refractivity contribution < 1.29 is 4.79 Å². The van der Waals surface area contributed by atoms with E-state index in [1.165, 1.54) is 11.8 Å². The van der Waals surface area contributed by atoms with E-state index >= 15 is 0 Å². The molecule has 0 aliphatic carbocycles. The maximum atomic E-state index is 12.7. The zero-order valence-electron chi connectivity index (χ0n) is 16.1. The number of carbonyl (C=O) groups is 1. The molecule has 0 aliphatic rings. The summed E-state index contributed by atoms with van der Waals surface area (Å²) in [5.41, 5.74) is 0.686. The summed E-state index contributed by atoms with van der Waals surface area (Å²) < 4.78 is 1.61. The molecular weight excluding hydrogens is 358 g/mol. The second-order valence-corrected chi connectivity index (χ2v) is 7.56. The minimum Gasteiger partial charge on any atom is -0.343 e. The van der Waals surface area contributed by atoms with Crippen LogP contribution in [0.25, 0.3) is 21.7 Å². The number of amides is 1. The molecule has 27 heavy (non-hydrogen) atoms.